The highest BCUT2D eigenvalue weighted by molar-refractivity contribution is 8.00. The smallest absolute Gasteiger partial charge is 0.308 e. The van der Waals surface area contributed by atoms with Crippen molar-refractivity contribution in [1.82, 2.24) is 15.8 Å². The van der Waals surface area contributed by atoms with Crippen molar-refractivity contribution < 1.29 is 9.53 Å². The molecule has 7 heteroatoms. The fourth-order valence-electron chi connectivity index (χ4n) is 4.81. The van der Waals surface area contributed by atoms with E-state index >= 15 is 0 Å². The highest BCUT2D eigenvalue weighted by Gasteiger charge is 2.53. The molecule has 4 rings (SSSR count). The average molecular weight is 431 g/mol. The lowest BCUT2D eigenvalue weighted by Gasteiger charge is -2.34. The predicted octanol–water partition coefficient (Wildman–Crippen LogP) is 3.39. The van der Waals surface area contributed by atoms with Crippen LogP contribution in [-0.2, 0) is 9.53 Å². The quantitative estimate of drug-likeness (QED) is 0.717. The minimum Gasteiger partial charge on any atom is -0.460 e. The molecule has 2 saturated heterocycles. The van der Waals surface area contributed by atoms with Gasteiger partial charge in [0.1, 0.15) is 5.60 Å². The second kappa shape index (κ2) is 8.26. The zero-order valence-electron chi connectivity index (χ0n) is 18.8. The summed E-state index contributed by atoms with van der Waals surface area (Å²) in [5.74, 6) is 0.599. The van der Waals surface area contributed by atoms with Crippen LogP contribution in [0.3, 0.4) is 0 Å². The molecule has 1 aromatic rings. The molecule has 7 atom stereocenters. The van der Waals surface area contributed by atoms with Gasteiger partial charge in [0, 0.05) is 16.9 Å². The Bertz CT molecular complexity index is 809. The molecule has 3 aliphatic rings. The van der Waals surface area contributed by atoms with Gasteiger partial charge in [-0.1, -0.05) is 44.2 Å². The van der Waals surface area contributed by atoms with E-state index in [0.29, 0.717) is 22.5 Å². The first-order valence-corrected chi connectivity index (χ1v) is 11.9. The van der Waals surface area contributed by atoms with Crippen molar-refractivity contribution in [2.24, 2.45) is 16.8 Å². The van der Waals surface area contributed by atoms with Gasteiger partial charge in [0.2, 0.25) is 0 Å². The molecule has 6 nitrogen and oxygen atoms in total. The lowest BCUT2D eigenvalue weighted by molar-refractivity contribution is -0.155. The minimum absolute atomic E-state index is 0.0498. The van der Waals surface area contributed by atoms with Gasteiger partial charge in [-0.05, 0) is 39.2 Å². The van der Waals surface area contributed by atoms with Gasteiger partial charge in [-0.2, -0.15) is 0 Å². The third kappa shape index (κ3) is 4.17. The molecule has 0 saturated carbocycles. The van der Waals surface area contributed by atoms with E-state index in [9.17, 15) is 4.79 Å². The van der Waals surface area contributed by atoms with Crippen LogP contribution in [-0.4, -0.2) is 51.2 Å². The van der Waals surface area contributed by atoms with Gasteiger partial charge < -0.3 is 4.74 Å². The van der Waals surface area contributed by atoms with Gasteiger partial charge in [-0.15, -0.1) is 11.8 Å². The number of fused-ring (bicyclic) bond motifs is 3. The first-order valence-electron chi connectivity index (χ1n) is 10.9. The Hall–Kier alpha value is -1.41. The molecule has 30 heavy (non-hydrogen) atoms. The zero-order valence-corrected chi connectivity index (χ0v) is 19.6. The summed E-state index contributed by atoms with van der Waals surface area (Å²) >= 11 is 2.03. The van der Waals surface area contributed by atoms with Crippen LogP contribution < -0.4 is 10.9 Å². The van der Waals surface area contributed by atoms with Crippen LogP contribution >= 0.6 is 11.8 Å². The zero-order chi connectivity index (χ0) is 21.6. The van der Waals surface area contributed by atoms with E-state index in [1.165, 1.54) is 0 Å². The van der Waals surface area contributed by atoms with Crippen molar-refractivity contribution in [3.05, 3.63) is 35.9 Å². The van der Waals surface area contributed by atoms with Gasteiger partial charge in [-0.25, -0.2) is 10.9 Å². The van der Waals surface area contributed by atoms with E-state index in [0.717, 1.165) is 11.3 Å². The van der Waals surface area contributed by atoms with Crippen LogP contribution in [0.5, 0.6) is 0 Å². The summed E-state index contributed by atoms with van der Waals surface area (Å²) in [6.07, 6.45) is 0.370. The molecule has 0 aliphatic carbocycles. The monoisotopic (exact) mass is 430 g/mol. The van der Waals surface area contributed by atoms with Crippen LogP contribution in [0.4, 0.5) is 0 Å². The Morgan fingerprint density at radius 3 is 2.53 bits per heavy atom. The number of aliphatic imine (C=N–C) groups is 1. The summed E-state index contributed by atoms with van der Waals surface area (Å²) in [6.45, 7) is 12.6. The molecule has 2 N–H and O–H groups in total. The molecular weight excluding hydrogens is 396 g/mol. The maximum Gasteiger partial charge on any atom is 0.308 e. The molecule has 3 heterocycles. The Balaban J connectivity index is 1.76. The molecule has 2 fully saturated rings. The molecule has 6 unspecified atom stereocenters. The fraction of sp³-hybridized carbons (Fsp3) is 0.652. The fourth-order valence-corrected chi connectivity index (χ4v) is 6.67. The Morgan fingerprint density at radius 1 is 1.17 bits per heavy atom. The van der Waals surface area contributed by atoms with Crippen LogP contribution in [0.1, 0.15) is 53.5 Å². The van der Waals surface area contributed by atoms with E-state index in [1.807, 2.05) is 38.6 Å². The van der Waals surface area contributed by atoms with Crippen molar-refractivity contribution in [1.29, 1.82) is 0 Å². The van der Waals surface area contributed by atoms with Gasteiger partial charge in [0.25, 0.3) is 0 Å². The summed E-state index contributed by atoms with van der Waals surface area (Å²) in [5, 5.41) is 0.852. The third-order valence-electron chi connectivity index (χ3n) is 6.32. The van der Waals surface area contributed by atoms with Crippen molar-refractivity contribution in [3.63, 3.8) is 0 Å². The molecule has 0 radical (unpaired) electrons. The number of rotatable bonds is 3. The number of nitrogens with one attached hydrogen (secondary N) is 2. The van der Waals surface area contributed by atoms with E-state index in [1.54, 1.807) is 0 Å². The van der Waals surface area contributed by atoms with Crippen molar-refractivity contribution in [2.45, 2.75) is 82.6 Å². The van der Waals surface area contributed by atoms with Crippen LogP contribution in [0.2, 0.25) is 0 Å². The highest BCUT2D eigenvalue weighted by Crippen LogP contribution is 2.49. The second-order valence-electron chi connectivity index (χ2n) is 9.71. The van der Waals surface area contributed by atoms with Gasteiger partial charge >= 0.3 is 5.97 Å². The second-order valence-corrected chi connectivity index (χ2v) is 11.2. The topological polar surface area (TPSA) is 66.0 Å². The van der Waals surface area contributed by atoms with Crippen molar-refractivity contribution >= 4 is 23.4 Å². The Morgan fingerprint density at radius 2 is 1.87 bits per heavy atom. The standard InChI is InChI=1S/C23H34N4O2S/c1-13-14(2)30-22-19(13)20(16-10-8-7-9-11-16)24-17(12-18(28)29-23(4,5)6)21-26-25-15(3)27(21)22/h7-11,13-15,17,19,21-22,25-26H,12H2,1-6H3/t13?,14?,15?,17-,19?,21?,22?/m0/s1. The Labute approximate surface area is 184 Å². The summed E-state index contributed by atoms with van der Waals surface area (Å²) < 4.78 is 5.65. The number of carbonyl (C=O) groups excluding carboxylic acids is 1. The number of carbonyl (C=O) groups is 1. The largest absolute Gasteiger partial charge is 0.460 e. The number of hydrogen-bond donors (Lipinski definition) is 2. The van der Waals surface area contributed by atoms with Crippen LogP contribution in [0.25, 0.3) is 0 Å². The summed E-state index contributed by atoms with van der Waals surface area (Å²) in [7, 11) is 0. The molecule has 0 bridgehead atoms. The Kier molecular flexibility index (Phi) is 6.01. The highest BCUT2D eigenvalue weighted by atomic mass is 32.2. The number of thioether (sulfide) groups is 1. The maximum absolute atomic E-state index is 12.8. The van der Waals surface area contributed by atoms with Crippen LogP contribution in [0.15, 0.2) is 35.3 Å². The number of hydrazine groups is 1. The van der Waals surface area contributed by atoms with Crippen molar-refractivity contribution in [2.75, 3.05) is 0 Å². The van der Waals surface area contributed by atoms with Gasteiger partial charge in [-0.3, -0.25) is 14.7 Å². The molecule has 0 amide bonds. The molecule has 1 aromatic carbocycles. The lowest BCUT2D eigenvalue weighted by atomic mass is 9.84. The van der Waals surface area contributed by atoms with E-state index in [2.05, 4.69) is 60.8 Å². The number of benzene rings is 1. The number of ether oxygens (including phenoxy) is 1. The lowest BCUT2D eigenvalue weighted by Crippen LogP contribution is -2.50. The number of esters is 1. The summed E-state index contributed by atoms with van der Waals surface area (Å²) in [4.78, 5) is 20.5. The van der Waals surface area contributed by atoms with Gasteiger partial charge in [0.05, 0.1) is 30.2 Å². The molecule has 3 aliphatic heterocycles. The van der Waals surface area contributed by atoms with E-state index in [4.69, 9.17) is 9.73 Å². The summed E-state index contributed by atoms with van der Waals surface area (Å²) in [5.41, 5.74) is 8.59. The molecular formula is C23H34N4O2S. The minimum atomic E-state index is -0.502. The van der Waals surface area contributed by atoms with Crippen LogP contribution in [0, 0.1) is 11.8 Å². The van der Waals surface area contributed by atoms with E-state index in [-0.39, 0.29) is 30.8 Å². The predicted molar refractivity (Wildman–Crippen MR) is 122 cm³/mol. The normalized spacial score (nSPS) is 36.6. The average Bonchev–Trinajstić information content (AvgIpc) is 3.13. The first kappa shape index (κ1) is 21.8. The molecule has 0 spiro atoms. The maximum atomic E-state index is 12.8. The number of nitrogens with zero attached hydrogens (tertiary/aromatic N) is 2. The van der Waals surface area contributed by atoms with E-state index < -0.39 is 5.60 Å². The SMILES string of the molecule is CC1SC2C(C(c3ccccc3)=N[C@@H](CC(=O)OC(C)(C)C)C3NNC(C)N23)C1C. The molecule has 0 aromatic heterocycles. The van der Waals surface area contributed by atoms with Crippen molar-refractivity contribution in [3.8, 4) is 0 Å². The first-order chi connectivity index (χ1) is 14.2. The summed E-state index contributed by atoms with van der Waals surface area (Å²) in [6, 6.07) is 10.2. The number of hydrogen-bond acceptors (Lipinski definition) is 7. The molecule has 164 valence electrons. The van der Waals surface area contributed by atoms with Gasteiger partial charge in [0.15, 0.2) is 0 Å². The third-order valence-corrected chi connectivity index (χ3v) is 8.00.